The minimum absolute atomic E-state index is 0.156. The lowest BCUT2D eigenvalue weighted by Crippen LogP contribution is -2.20. The van der Waals surface area contributed by atoms with E-state index in [9.17, 15) is 9.36 Å². The first-order chi connectivity index (χ1) is 18.9. The number of pyridine rings is 1. The van der Waals surface area contributed by atoms with Gasteiger partial charge in [-0.1, -0.05) is 72.8 Å². The van der Waals surface area contributed by atoms with Crippen LogP contribution in [0.3, 0.4) is 0 Å². The largest absolute Gasteiger partial charge is 0.480 e. The Morgan fingerprint density at radius 3 is 1.97 bits per heavy atom. The molecule has 5 aromatic rings. The van der Waals surface area contributed by atoms with Crippen molar-refractivity contribution in [2.75, 3.05) is 7.11 Å². The molecule has 0 N–H and O–H groups in total. The second-order valence-electron chi connectivity index (χ2n) is 9.02. The summed E-state index contributed by atoms with van der Waals surface area (Å²) in [5.41, 5.74) is 3.18. The standard InChI is InChI=1S/C30H28N3O5P/c1-33-30(34)28-25(19-31-33)18-26(32-29(28)36-2)17-22-13-15-27(16-14-22)39(35,37-20-23-9-5-3-6-10-23)38-21-24-11-7-4-8-12-24/h3-16,18-19H,17,20-21H2,1-2H3. The number of ether oxygens (including phenoxy) is 1. The van der Waals surface area contributed by atoms with Crippen molar-refractivity contribution in [3.8, 4) is 5.88 Å². The third-order valence-corrected chi connectivity index (χ3v) is 8.14. The fraction of sp³-hybridized carbons (Fsp3) is 0.167. The lowest BCUT2D eigenvalue weighted by Gasteiger charge is -2.19. The summed E-state index contributed by atoms with van der Waals surface area (Å²) in [4.78, 5) is 17.1. The molecule has 0 atom stereocenters. The van der Waals surface area contributed by atoms with Crippen LogP contribution in [0.1, 0.15) is 22.4 Å². The van der Waals surface area contributed by atoms with Crippen molar-refractivity contribution in [2.45, 2.75) is 19.6 Å². The van der Waals surface area contributed by atoms with E-state index < -0.39 is 7.60 Å². The zero-order chi connectivity index (χ0) is 27.2. The van der Waals surface area contributed by atoms with Crippen LogP contribution in [0.25, 0.3) is 10.8 Å². The zero-order valence-corrected chi connectivity index (χ0v) is 22.6. The van der Waals surface area contributed by atoms with Crippen LogP contribution < -0.4 is 15.6 Å². The van der Waals surface area contributed by atoms with E-state index in [4.69, 9.17) is 13.8 Å². The number of hydrogen-bond donors (Lipinski definition) is 0. The molecule has 0 spiro atoms. The molecule has 0 aliphatic rings. The minimum Gasteiger partial charge on any atom is -0.480 e. The first-order valence-corrected chi connectivity index (χ1v) is 14.0. The van der Waals surface area contributed by atoms with Gasteiger partial charge < -0.3 is 13.8 Å². The lowest BCUT2D eigenvalue weighted by molar-refractivity contribution is 0.200. The van der Waals surface area contributed by atoms with Gasteiger partial charge in [0.1, 0.15) is 5.39 Å². The molecule has 2 heterocycles. The van der Waals surface area contributed by atoms with E-state index in [1.165, 1.54) is 11.8 Å². The average Bonchev–Trinajstić information content (AvgIpc) is 2.98. The number of aryl methyl sites for hydroxylation is 1. The molecule has 198 valence electrons. The van der Waals surface area contributed by atoms with Gasteiger partial charge in [0, 0.05) is 24.5 Å². The molecule has 0 unspecified atom stereocenters. The van der Waals surface area contributed by atoms with Gasteiger partial charge in [-0.25, -0.2) is 9.67 Å². The van der Waals surface area contributed by atoms with Crippen LogP contribution in [0.5, 0.6) is 5.88 Å². The van der Waals surface area contributed by atoms with Crippen molar-refractivity contribution in [3.63, 3.8) is 0 Å². The van der Waals surface area contributed by atoms with E-state index in [1.54, 1.807) is 25.4 Å². The summed E-state index contributed by atoms with van der Waals surface area (Å²) in [6, 6.07) is 28.3. The van der Waals surface area contributed by atoms with Gasteiger partial charge in [0.05, 0.1) is 31.8 Å². The quantitative estimate of drug-likeness (QED) is 0.225. The Bertz CT molecular complexity index is 1630. The summed E-state index contributed by atoms with van der Waals surface area (Å²) in [6.45, 7) is 0.311. The second-order valence-corrected chi connectivity index (χ2v) is 11.0. The molecule has 0 saturated carbocycles. The van der Waals surface area contributed by atoms with Crippen molar-refractivity contribution in [2.24, 2.45) is 7.05 Å². The Kier molecular flexibility index (Phi) is 7.98. The number of aromatic nitrogens is 3. The molecule has 9 heteroatoms. The number of nitrogens with zero attached hydrogens (tertiary/aromatic N) is 3. The summed E-state index contributed by atoms with van der Waals surface area (Å²) in [7, 11) is -0.567. The van der Waals surface area contributed by atoms with E-state index in [2.05, 4.69) is 10.1 Å². The van der Waals surface area contributed by atoms with E-state index in [-0.39, 0.29) is 24.7 Å². The molecular weight excluding hydrogens is 513 g/mol. The summed E-state index contributed by atoms with van der Waals surface area (Å²) >= 11 is 0. The number of benzene rings is 3. The molecule has 0 aliphatic carbocycles. The highest BCUT2D eigenvalue weighted by Crippen LogP contribution is 2.48. The van der Waals surface area contributed by atoms with E-state index >= 15 is 0 Å². The molecule has 8 nitrogen and oxygen atoms in total. The Morgan fingerprint density at radius 2 is 1.41 bits per heavy atom. The predicted octanol–water partition coefficient (Wildman–Crippen LogP) is 5.18. The Labute approximate surface area is 226 Å². The molecule has 0 amide bonds. The van der Waals surface area contributed by atoms with Crippen molar-refractivity contribution in [1.29, 1.82) is 0 Å². The maximum absolute atomic E-state index is 14.0. The van der Waals surface area contributed by atoms with Crippen molar-refractivity contribution >= 4 is 23.7 Å². The van der Waals surface area contributed by atoms with Crippen molar-refractivity contribution in [1.82, 2.24) is 14.8 Å². The summed E-state index contributed by atoms with van der Waals surface area (Å²) in [5, 5.41) is 5.62. The van der Waals surface area contributed by atoms with Gasteiger partial charge >= 0.3 is 7.60 Å². The van der Waals surface area contributed by atoms with Gasteiger partial charge in [0.2, 0.25) is 5.88 Å². The van der Waals surface area contributed by atoms with Gasteiger partial charge in [-0.2, -0.15) is 5.10 Å². The van der Waals surface area contributed by atoms with Crippen LogP contribution in [0.15, 0.2) is 102 Å². The number of rotatable bonds is 10. The molecule has 0 saturated heterocycles. The smallest absolute Gasteiger partial charge is 0.361 e. The Hall–Kier alpha value is -4.10. The molecule has 0 radical (unpaired) electrons. The third-order valence-electron chi connectivity index (χ3n) is 6.27. The molecule has 5 rings (SSSR count). The lowest BCUT2D eigenvalue weighted by atomic mass is 10.1. The fourth-order valence-corrected chi connectivity index (χ4v) is 5.70. The first kappa shape index (κ1) is 26.5. The maximum Gasteiger partial charge on any atom is 0.361 e. The maximum atomic E-state index is 14.0. The molecule has 2 aromatic heterocycles. The van der Waals surface area contributed by atoms with Gasteiger partial charge in [-0.3, -0.25) is 9.36 Å². The molecule has 0 aliphatic heterocycles. The van der Waals surface area contributed by atoms with Crippen LogP contribution in [0, 0.1) is 0 Å². The van der Waals surface area contributed by atoms with Crippen molar-refractivity contribution < 1.29 is 18.3 Å². The Balaban J connectivity index is 1.39. The van der Waals surface area contributed by atoms with E-state index in [0.29, 0.717) is 28.2 Å². The zero-order valence-electron chi connectivity index (χ0n) is 21.7. The highest BCUT2D eigenvalue weighted by Gasteiger charge is 2.28. The predicted molar refractivity (Wildman–Crippen MR) is 150 cm³/mol. The van der Waals surface area contributed by atoms with Gasteiger partial charge in [-0.15, -0.1) is 0 Å². The second kappa shape index (κ2) is 11.7. The monoisotopic (exact) mass is 541 g/mol. The van der Waals surface area contributed by atoms with Crippen molar-refractivity contribution in [3.05, 3.63) is 130 Å². The third kappa shape index (κ3) is 6.15. The number of fused-ring (bicyclic) bond motifs is 1. The van der Waals surface area contributed by atoms with Crippen LogP contribution in [-0.4, -0.2) is 21.9 Å². The minimum atomic E-state index is -3.64. The molecule has 39 heavy (non-hydrogen) atoms. The SMILES string of the molecule is COc1nc(Cc2ccc(P(=O)(OCc3ccccc3)OCc3ccccc3)cc2)cc2cnn(C)c(=O)c12. The van der Waals surface area contributed by atoms with Crippen LogP contribution in [-0.2, 0) is 40.3 Å². The van der Waals surface area contributed by atoms with Gasteiger partial charge in [0.25, 0.3) is 5.56 Å². The Morgan fingerprint density at radius 1 is 0.821 bits per heavy atom. The number of methoxy groups -OCH3 is 1. The topological polar surface area (TPSA) is 92.5 Å². The summed E-state index contributed by atoms with van der Waals surface area (Å²) in [6.07, 6.45) is 2.10. The highest BCUT2D eigenvalue weighted by atomic mass is 31.2. The van der Waals surface area contributed by atoms with Gasteiger partial charge in [0.15, 0.2) is 0 Å². The van der Waals surface area contributed by atoms with Crippen LogP contribution >= 0.6 is 7.60 Å². The molecule has 0 bridgehead atoms. The number of hydrogen-bond acceptors (Lipinski definition) is 7. The average molecular weight is 542 g/mol. The van der Waals surface area contributed by atoms with E-state index in [0.717, 1.165) is 16.7 Å². The summed E-state index contributed by atoms with van der Waals surface area (Å²) in [5.74, 6) is 0.259. The normalized spacial score (nSPS) is 11.5. The summed E-state index contributed by atoms with van der Waals surface area (Å²) < 4.78 is 32.6. The molecular formula is C30H28N3O5P. The first-order valence-electron chi connectivity index (χ1n) is 12.4. The van der Waals surface area contributed by atoms with Gasteiger partial charge in [-0.05, 0) is 34.9 Å². The highest BCUT2D eigenvalue weighted by molar-refractivity contribution is 7.62. The molecule has 3 aromatic carbocycles. The van der Waals surface area contributed by atoms with E-state index in [1.807, 2.05) is 78.9 Å². The fourth-order valence-electron chi connectivity index (χ4n) is 4.17. The van der Waals surface area contributed by atoms with Crippen LogP contribution in [0.2, 0.25) is 0 Å². The van der Waals surface area contributed by atoms with Crippen LogP contribution in [0.4, 0.5) is 0 Å². The molecule has 0 fully saturated rings.